The molecule has 0 heterocycles. The number of hydrogen-bond acceptors (Lipinski definition) is 3. The van der Waals surface area contributed by atoms with Crippen LogP contribution >= 0.6 is 58.0 Å². The molecule has 2 rings (SSSR count). The molecule has 28 heavy (non-hydrogen) atoms. The van der Waals surface area contributed by atoms with E-state index in [9.17, 15) is 9.59 Å². The quantitative estimate of drug-likeness (QED) is 0.514. The lowest BCUT2D eigenvalue weighted by Gasteiger charge is -2.37. The third kappa shape index (κ3) is 6.46. The van der Waals surface area contributed by atoms with Crippen molar-refractivity contribution in [1.82, 2.24) is 4.90 Å². The fraction of sp³-hybridized carbons (Fsp3) is 0.556. The van der Waals surface area contributed by atoms with E-state index in [4.69, 9.17) is 62.7 Å². The number of amides is 2. The smallest absolute Gasteiger partial charge is 0.409 e. The molecule has 1 aliphatic rings. The number of likely N-dealkylation sites (N-methyl/N-ethyl adjacent to an activating group) is 1. The van der Waals surface area contributed by atoms with Gasteiger partial charge in [0.1, 0.15) is 6.61 Å². The number of rotatable bonds is 6. The van der Waals surface area contributed by atoms with E-state index in [0.717, 1.165) is 5.69 Å². The lowest BCUT2D eigenvalue weighted by molar-refractivity contribution is -0.118. The molecule has 156 valence electrons. The fourth-order valence-electron chi connectivity index (χ4n) is 3.32. The zero-order chi connectivity index (χ0) is 20.9. The maximum atomic E-state index is 12.8. The summed E-state index contributed by atoms with van der Waals surface area (Å²) in [6.45, 7) is -0.379. The first kappa shape index (κ1) is 23.7. The van der Waals surface area contributed by atoms with Gasteiger partial charge in [-0.15, -0.1) is 23.2 Å². The van der Waals surface area contributed by atoms with Crippen molar-refractivity contribution in [3.8, 4) is 0 Å². The van der Waals surface area contributed by atoms with Crippen LogP contribution in [0.2, 0.25) is 0 Å². The first-order valence-electron chi connectivity index (χ1n) is 8.67. The first-order chi connectivity index (χ1) is 13.1. The molecule has 5 nitrogen and oxygen atoms in total. The minimum atomic E-state index is -1.70. The van der Waals surface area contributed by atoms with E-state index in [1.807, 2.05) is 30.3 Å². The fourth-order valence-corrected chi connectivity index (χ4v) is 4.01. The second-order valence-corrected chi connectivity index (χ2v) is 10.0. The number of carbonyl (C=O) groups is 2. The van der Waals surface area contributed by atoms with Gasteiger partial charge in [0.15, 0.2) is 0 Å². The van der Waals surface area contributed by atoms with Crippen LogP contribution in [0.5, 0.6) is 0 Å². The van der Waals surface area contributed by atoms with Gasteiger partial charge in [0.2, 0.25) is 9.70 Å². The van der Waals surface area contributed by atoms with Crippen LogP contribution in [-0.4, -0.2) is 57.7 Å². The molecule has 1 aromatic rings. The van der Waals surface area contributed by atoms with Gasteiger partial charge in [-0.2, -0.15) is 0 Å². The van der Waals surface area contributed by atoms with Gasteiger partial charge in [-0.3, -0.25) is 4.79 Å². The summed E-state index contributed by atoms with van der Waals surface area (Å²) in [7, 11) is 1.59. The van der Waals surface area contributed by atoms with Crippen molar-refractivity contribution in [3.63, 3.8) is 0 Å². The highest BCUT2D eigenvalue weighted by atomic mass is 35.6. The summed E-state index contributed by atoms with van der Waals surface area (Å²) in [6.07, 6.45) is 0.554. The molecule has 2 amide bonds. The molecular formula is C18H21Cl5N2O3. The molecule has 1 unspecified atom stereocenters. The van der Waals surface area contributed by atoms with E-state index < -0.39 is 9.89 Å². The number of anilines is 1. The molecular weight excluding hydrogens is 469 g/mol. The van der Waals surface area contributed by atoms with E-state index >= 15 is 0 Å². The molecule has 1 aromatic carbocycles. The molecule has 0 saturated heterocycles. The molecule has 0 aromatic heterocycles. The molecule has 0 aliphatic heterocycles. The average Bonchev–Trinajstić information content (AvgIpc) is 3.01. The summed E-state index contributed by atoms with van der Waals surface area (Å²) in [5.41, 5.74) is 0.724. The molecule has 0 radical (unpaired) electrons. The normalized spacial score (nSPS) is 22.0. The van der Waals surface area contributed by atoms with Crippen LogP contribution in [0.15, 0.2) is 30.3 Å². The van der Waals surface area contributed by atoms with Gasteiger partial charge >= 0.3 is 6.09 Å². The van der Waals surface area contributed by atoms with Crippen molar-refractivity contribution in [1.29, 1.82) is 0 Å². The number of halogens is 5. The van der Waals surface area contributed by atoms with E-state index in [1.54, 1.807) is 11.9 Å². The van der Waals surface area contributed by atoms with Gasteiger partial charge < -0.3 is 14.5 Å². The van der Waals surface area contributed by atoms with Crippen molar-refractivity contribution in [2.45, 2.75) is 40.5 Å². The highest BCUT2D eigenvalue weighted by molar-refractivity contribution is 6.67. The van der Waals surface area contributed by atoms with Crippen LogP contribution in [0.4, 0.5) is 10.5 Å². The number of hydrogen-bond donors (Lipinski definition) is 0. The maximum absolute atomic E-state index is 12.8. The van der Waals surface area contributed by atoms with Gasteiger partial charge in [0.05, 0.1) is 12.1 Å². The van der Waals surface area contributed by atoms with Crippen LogP contribution in [0.25, 0.3) is 0 Å². The molecule has 0 bridgehead atoms. The SMILES string of the molecule is CN(C(=O)OCC(Cl)(Cl)Cl)[C@@H]1CC(Cl)C[C@H]1N(C(=O)CCCl)c1ccccc1. The Bertz CT molecular complexity index is 671. The Morgan fingerprint density at radius 2 is 1.75 bits per heavy atom. The molecule has 0 spiro atoms. The standard InChI is InChI=1S/C18H21Cl5N2O3/c1-24(17(27)28-11-18(21,22)23)14-9-12(20)10-15(14)25(16(26)7-8-19)13-5-3-2-4-6-13/h2-6,12,14-15H,7-11H2,1H3/t12?,14-,15-/m1/s1. The van der Waals surface area contributed by atoms with Crippen molar-refractivity contribution in [3.05, 3.63) is 30.3 Å². The molecule has 3 atom stereocenters. The van der Waals surface area contributed by atoms with Crippen LogP contribution in [0.1, 0.15) is 19.3 Å². The third-order valence-corrected chi connectivity index (χ3v) is 5.40. The number of benzene rings is 1. The maximum Gasteiger partial charge on any atom is 0.409 e. The van der Waals surface area contributed by atoms with Gasteiger partial charge in [-0.25, -0.2) is 4.79 Å². The van der Waals surface area contributed by atoms with Crippen molar-refractivity contribution >= 4 is 75.7 Å². The summed E-state index contributed by atoms with van der Waals surface area (Å²) in [4.78, 5) is 28.4. The molecule has 1 fully saturated rings. The van der Waals surface area contributed by atoms with Gasteiger partial charge in [0, 0.05) is 30.4 Å². The van der Waals surface area contributed by atoms with Crippen molar-refractivity contribution in [2.75, 3.05) is 24.4 Å². The first-order valence-corrected chi connectivity index (χ1v) is 10.8. The number of ether oxygens (including phenoxy) is 1. The van der Waals surface area contributed by atoms with Crippen LogP contribution < -0.4 is 4.90 Å². The average molecular weight is 491 g/mol. The minimum Gasteiger partial charge on any atom is -0.445 e. The summed E-state index contributed by atoms with van der Waals surface area (Å²) < 4.78 is 3.38. The van der Waals surface area contributed by atoms with E-state index in [-0.39, 0.29) is 42.3 Å². The Morgan fingerprint density at radius 3 is 2.32 bits per heavy atom. The Balaban J connectivity index is 2.25. The summed E-state index contributed by atoms with van der Waals surface area (Å²) in [5, 5.41) is -0.201. The Labute approximate surface area is 189 Å². The monoisotopic (exact) mass is 488 g/mol. The summed E-state index contributed by atoms with van der Waals surface area (Å²) in [6, 6.07) is 8.55. The number of alkyl halides is 5. The second-order valence-electron chi connectivity index (χ2n) is 6.52. The molecule has 1 saturated carbocycles. The predicted molar refractivity (Wildman–Crippen MR) is 115 cm³/mol. The van der Waals surface area contributed by atoms with Gasteiger partial charge in [-0.1, -0.05) is 53.0 Å². The zero-order valence-corrected chi connectivity index (χ0v) is 18.9. The van der Waals surface area contributed by atoms with E-state index in [2.05, 4.69) is 0 Å². The highest BCUT2D eigenvalue weighted by Gasteiger charge is 2.43. The molecule has 0 N–H and O–H groups in total. The van der Waals surface area contributed by atoms with Crippen LogP contribution in [0, 0.1) is 0 Å². The lowest BCUT2D eigenvalue weighted by atomic mass is 10.1. The number of carbonyl (C=O) groups excluding carboxylic acids is 2. The highest BCUT2D eigenvalue weighted by Crippen LogP contribution is 2.35. The Kier molecular flexibility index (Phi) is 8.83. The van der Waals surface area contributed by atoms with E-state index in [1.165, 1.54) is 4.90 Å². The lowest BCUT2D eigenvalue weighted by Crippen LogP contribution is -2.52. The van der Waals surface area contributed by atoms with E-state index in [0.29, 0.717) is 12.8 Å². The zero-order valence-electron chi connectivity index (χ0n) is 15.2. The van der Waals surface area contributed by atoms with Gasteiger partial charge in [-0.05, 0) is 25.0 Å². The Hall–Kier alpha value is -0.590. The summed E-state index contributed by atoms with van der Waals surface area (Å²) >= 11 is 29.2. The second kappa shape index (κ2) is 10.4. The molecule has 1 aliphatic carbocycles. The largest absolute Gasteiger partial charge is 0.445 e. The number of para-hydroxylation sites is 1. The summed E-state index contributed by atoms with van der Waals surface area (Å²) in [5.74, 6) is 0.0652. The third-order valence-electron chi connectivity index (χ3n) is 4.53. The van der Waals surface area contributed by atoms with Crippen molar-refractivity contribution in [2.24, 2.45) is 0 Å². The number of nitrogens with zero attached hydrogens (tertiary/aromatic N) is 2. The molecule has 10 heteroatoms. The van der Waals surface area contributed by atoms with Crippen LogP contribution in [-0.2, 0) is 9.53 Å². The van der Waals surface area contributed by atoms with Crippen LogP contribution in [0.3, 0.4) is 0 Å². The Morgan fingerprint density at radius 1 is 1.14 bits per heavy atom. The topological polar surface area (TPSA) is 49.9 Å². The predicted octanol–water partition coefficient (Wildman–Crippen LogP) is 5.23. The minimum absolute atomic E-state index is 0.134. The van der Waals surface area contributed by atoms with Gasteiger partial charge in [0.25, 0.3) is 0 Å². The van der Waals surface area contributed by atoms with Crippen molar-refractivity contribution < 1.29 is 14.3 Å².